The normalized spacial score (nSPS) is 10.8. The van der Waals surface area contributed by atoms with E-state index in [-0.39, 0.29) is 0 Å². The lowest BCUT2D eigenvalue weighted by Crippen LogP contribution is -2.02. The van der Waals surface area contributed by atoms with E-state index in [1.165, 1.54) is 27.6 Å². The molecule has 0 saturated carbocycles. The minimum atomic E-state index is 0.696. The highest BCUT2D eigenvalue weighted by atomic mass is 32.2. The lowest BCUT2D eigenvalue weighted by molar-refractivity contribution is 0.963. The van der Waals surface area contributed by atoms with E-state index >= 15 is 0 Å². The first-order chi connectivity index (χ1) is 8.19. The number of aryl methyl sites for hydroxylation is 2. The average molecular weight is 265 g/mol. The molecule has 0 unspecified atom stereocenters. The van der Waals surface area contributed by atoms with Crippen molar-refractivity contribution in [3.8, 4) is 0 Å². The summed E-state index contributed by atoms with van der Waals surface area (Å²) in [4.78, 5) is 5.59. The molecule has 0 spiro atoms. The molecule has 2 N–H and O–H groups in total. The standard InChI is InChI=1S/C12H15N3S2/c1-8-7-10(5-6-13)3-4-11(8)16-12-14-9(2)15-17-12/h3-4,7H,5-6,13H2,1-2H3. The molecule has 0 aliphatic heterocycles. The topological polar surface area (TPSA) is 51.8 Å². The van der Waals surface area contributed by atoms with Crippen LogP contribution in [0.5, 0.6) is 0 Å². The summed E-state index contributed by atoms with van der Waals surface area (Å²) in [6.07, 6.45) is 0.934. The maximum absolute atomic E-state index is 5.55. The predicted octanol–water partition coefficient (Wildman–Crippen LogP) is 2.81. The highest BCUT2D eigenvalue weighted by Gasteiger charge is 2.06. The van der Waals surface area contributed by atoms with E-state index in [2.05, 4.69) is 34.5 Å². The van der Waals surface area contributed by atoms with Gasteiger partial charge in [0.2, 0.25) is 0 Å². The highest BCUT2D eigenvalue weighted by Crippen LogP contribution is 2.31. The van der Waals surface area contributed by atoms with Crippen LogP contribution in [0.2, 0.25) is 0 Å². The van der Waals surface area contributed by atoms with Crippen molar-refractivity contribution >= 4 is 23.3 Å². The first-order valence-corrected chi connectivity index (χ1v) is 7.06. The Morgan fingerprint density at radius 3 is 2.76 bits per heavy atom. The third-order valence-corrected chi connectivity index (χ3v) is 4.40. The lowest BCUT2D eigenvalue weighted by atomic mass is 10.1. The van der Waals surface area contributed by atoms with Crippen LogP contribution in [0.1, 0.15) is 17.0 Å². The van der Waals surface area contributed by atoms with Crippen molar-refractivity contribution in [2.45, 2.75) is 29.5 Å². The molecule has 0 amide bonds. The fraction of sp³-hybridized carbons (Fsp3) is 0.333. The molecular formula is C12H15N3S2. The Balaban J connectivity index is 2.16. The van der Waals surface area contributed by atoms with Gasteiger partial charge in [0.1, 0.15) is 5.82 Å². The molecule has 17 heavy (non-hydrogen) atoms. The predicted molar refractivity (Wildman–Crippen MR) is 72.7 cm³/mol. The van der Waals surface area contributed by atoms with Crippen molar-refractivity contribution in [3.05, 3.63) is 35.2 Å². The number of nitrogens with zero attached hydrogens (tertiary/aromatic N) is 2. The molecule has 0 aliphatic carbocycles. The Hall–Kier alpha value is -0.910. The van der Waals surface area contributed by atoms with Gasteiger partial charge >= 0.3 is 0 Å². The SMILES string of the molecule is Cc1nsc(Sc2ccc(CCN)cc2C)n1. The van der Waals surface area contributed by atoms with Gasteiger partial charge in [-0.1, -0.05) is 23.9 Å². The summed E-state index contributed by atoms with van der Waals surface area (Å²) >= 11 is 3.12. The zero-order chi connectivity index (χ0) is 12.3. The quantitative estimate of drug-likeness (QED) is 0.923. The monoisotopic (exact) mass is 265 g/mol. The van der Waals surface area contributed by atoms with Crippen molar-refractivity contribution in [3.63, 3.8) is 0 Å². The van der Waals surface area contributed by atoms with Crippen LogP contribution >= 0.6 is 23.3 Å². The Labute approximate surface area is 110 Å². The number of hydrogen-bond donors (Lipinski definition) is 1. The van der Waals surface area contributed by atoms with E-state index in [1.54, 1.807) is 11.8 Å². The van der Waals surface area contributed by atoms with E-state index in [4.69, 9.17) is 5.73 Å². The Morgan fingerprint density at radius 1 is 1.35 bits per heavy atom. The summed E-state index contributed by atoms with van der Waals surface area (Å²) in [5, 5.41) is 0. The van der Waals surface area contributed by atoms with Gasteiger partial charge in [-0.3, -0.25) is 0 Å². The molecule has 1 aromatic heterocycles. The van der Waals surface area contributed by atoms with Crippen LogP contribution in [0, 0.1) is 13.8 Å². The van der Waals surface area contributed by atoms with Crippen LogP contribution in [-0.2, 0) is 6.42 Å². The molecule has 2 aromatic rings. The first-order valence-electron chi connectivity index (χ1n) is 5.47. The van der Waals surface area contributed by atoms with E-state index < -0.39 is 0 Å². The van der Waals surface area contributed by atoms with Gasteiger partial charge < -0.3 is 5.73 Å². The van der Waals surface area contributed by atoms with Crippen LogP contribution in [0.25, 0.3) is 0 Å². The number of benzene rings is 1. The van der Waals surface area contributed by atoms with Crippen LogP contribution in [0.15, 0.2) is 27.4 Å². The molecule has 5 heteroatoms. The molecule has 90 valence electrons. The summed E-state index contributed by atoms with van der Waals surface area (Å²) in [5.41, 5.74) is 8.12. The van der Waals surface area contributed by atoms with Crippen LogP contribution in [0.4, 0.5) is 0 Å². The fourth-order valence-electron chi connectivity index (χ4n) is 1.56. The molecule has 0 radical (unpaired) electrons. The van der Waals surface area contributed by atoms with E-state index in [0.29, 0.717) is 6.54 Å². The van der Waals surface area contributed by atoms with Gasteiger partial charge in [-0.05, 0) is 55.5 Å². The van der Waals surface area contributed by atoms with Gasteiger partial charge in [-0.15, -0.1) is 0 Å². The van der Waals surface area contributed by atoms with E-state index in [1.807, 2.05) is 6.92 Å². The lowest BCUT2D eigenvalue weighted by Gasteiger charge is -2.05. The van der Waals surface area contributed by atoms with E-state index in [9.17, 15) is 0 Å². The van der Waals surface area contributed by atoms with Gasteiger partial charge in [-0.25, -0.2) is 4.98 Å². The average Bonchev–Trinajstić information content (AvgIpc) is 2.69. The maximum atomic E-state index is 5.55. The third kappa shape index (κ3) is 3.28. The van der Waals surface area contributed by atoms with E-state index in [0.717, 1.165) is 16.6 Å². The van der Waals surface area contributed by atoms with Crippen molar-refractivity contribution in [1.29, 1.82) is 0 Å². The zero-order valence-corrected chi connectivity index (χ0v) is 11.6. The number of nitrogens with two attached hydrogens (primary N) is 1. The first kappa shape index (κ1) is 12.5. The fourth-order valence-corrected chi connectivity index (χ4v) is 3.24. The van der Waals surface area contributed by atoms with Crippen molar-refractivity contribution in [2.24, 2.45) is 5.73 Å². The molecule has 0 bridgehead atoms. The Kier molecular flexibility index (Phi) is 4.15. The minimum Gasteiger partial charge on any atom is -0.330 e. The second-order valence-electron chi connectivity index (χ2n) is 3.85. The third-order valence-electron chi connectivity index (χ3n) is 2.38. The van der Waals surface area contributed by atoms with Crippen molar-refractivity contribution in [1.82, 2.24) is 9.36 Å². The molecule has 2 rings (SSSR count). The van der Waals surface area contributed by atoms with Crippen LogP contribution in [0.3, 0.4) is 0 Å². The second kappa shape index (κ2) is 5.62. The molecule has 1 aromatic carbocycles. The molecule has 1 heterocycles. The van der Waals surface area contributed by atoms with Gasteiger partial charge in [0.25, 0.3) is 0 Å². The second-order valence-corrected chi connectivity index (χ2v) is 5.89. The summed E-state index contributed by atoms with van der Waals surface area (Å²) in [6.45, 7) is 4.73. The number of hydrogen-bond acceptors (Lipinski definition) is 5. The molecule has 0 fully saturated rings. The number of rotatable bonds is 4. The largest absolute Gasteiger partial charge is 0.330 e. The maximum Gasteiger partial charge on any atom is 0.174 e. The van der Waals surface area contributed by atoms with Gasteiger partial charge in [-0.2, -0.15) is 4.37 Å². The minimum absolute atomic E-state index is 0.696. The van der Waals surface area contributed by atoms with Crippen molar-refractivity contribution in [2.75, 3.05) is 6.54 Å². The molecule has 0 aliphatic rings. The Bertz CT molecular complexity index is 508. The van der Waals surface area contributed by atoms with Crippen molar-refractivity contribution < 1.29 is 0 Å². The van der Waals surface area contributed by atoms with Gasteiger partial charge in [0.05, 0.1) is 0 Å². The highest BCUT2D eigenvalue weighted by molar-refractivity contribution is 8.01. The summed E-state index contributed by atoms with van der Waals surface area (Å²) in [7, 11) is 0. The summed E-state index contributed by atoms with van der Waals surface area (Å²) in [5.74, 6) is 0.843. The molecule has 0 atom stereocenters. The smallest absolute Gasteiger partial charge is 0.174 e. The molecule has 0 saturated heterocycles. The molecule has 3 nitrogen and oxygen atoms in total. The summed E-state index contributed by atoms with van der Waals surface area (Å²) < 4.78 is 5.18. The summed E-state index contributed by atoms with van der Waals surface area (Å²) in [6, 6.07) is 6.47. The van der Waals surface area contributed by atoms with Gasteiger partial charge in [0.15, 0.2) is 4.34 Å². The van der Waals surface area contributed by atoms with Crippen LogP contribution in [-0.4, -0.2) is 15.9 Å². The Morgan fingerprint density at radius 2 is 2.18 bits per heavy atom. The molecular weight excluding hydrogens is 250 g/mol. The van der Waals surface area contributed by atoms with Crippen LogP contribution < -0.4 is 5.73 Å². The zero-order valence-electron chi connectivity index (χ0n) is 9.93. The van der Waals surface area contributed by atoms with Gasteiger partial charge in [0, 0.05) is 4.90 Å². The number of aromatic nitrogens is 2.